The summed E-state index contributed by atoms with van der Waals surface area (Å²) in [6.45, 7) is 7.95. The summed E-state index contributed by atoms with van der Waals surface area (Å²) in [6, 6.07) is 15.2. The Morgan fingerprint density at radius 1 is 0.818 bits per heavy atom. The van der Waals surface area contributed by atoms with Crippen LogP contribution in [0.4, 0.5) is 0 Å². The van der Waals surface area contributed by atoms with Crippen molar-refractivity contribution in [2.24, 2.45) is 0 Å². The molecule has 3 heteroatoms. The highest BCUT2D eigenvalue weighted by atomic mass is 16.5. The molecule has 0 atom stereocenters. The predicted molar refractivity (Wildman–Crippen MR) is 88.5 cm³/mol. The third-order valence-corrected chi connectivity index (χ3v) is 3.94. The Kier molecular flexibility index (Phi) is 4.47. The van der Waals surface area contributed by atoms with Crippen molar-refractivity contribution < 1.29 is 14.9 Å². The minimum atomic E-state index is -0.589. The maximum atomic E-state index is 9.42. The van der Waals surface area contributed by atoms with Gasteiger partial charge in [0.05, 0.1) is 6.61 Å². The largest absolute Gasteiger partial charge is 0.508 e. The first-order valence-electron chi connectivity index (χ1n) is 7.44. The van der Waals surface area contributed by atoms with Gasteiger partial charge in [-0.1, -0.05) is 38.1 Å². The maximum absolute atomic E-state index is 9.42. The molecule has 0 fully saturated rings. The zero-order chi connectivity index (χ0) is 16.4. The zero-order valence-electron chi connectivity index (χ0n) is 13.6. The highest BCUT2D eigenvalue weighted by Gasteiger charge is 2.24. The highest BCUT2D eigenvalue weighted by molar-refractivity contribution is 5.41. The lowest BCUT2D eigenvalue weighted by atomic mass is 9.78. The molecule has 0 heterocycles. The number of ether oxygens (including phenoxy) is 1. The molecule has 2 rings (SSSR count). The number of rotatable bonds is 5. The smallest absolute Gasteiger partial charge is 0.126 e. The van der Waals surface area contributed by atoms with Crippen LogP contribution in [0.5, 0.6) is 11.5 Å². The summed E-state index contributed by atoms with van der Waals surface area (Å²) in [6.07, 6.45) is 0. The van der Waals surface area contributed by atoms with Crippen LogP contribution in [-0.2, 0) is 5.41 Å². The molecule has 0 spiro atoms. The van der Waals surface area contributed by atoms with Crippen molar-refractivity contribution in [2.75, 3.05) is 6.61 Å². The van der Waals surface area contributed by atoms with Crippen LogP contribution < -0.4 is 4.74 Å². The van der Waals surface area contributed by atoms with Crippen molar-refractivity contribution in [3.05, 3.63) is 59.7 Å². The molecule has 3 nitrogen and oxygen atoms in total. The quantitative estimate of drug-likeness (QED) is 0.881. The Morgan fingerprint density at radius 2 is 1.27 bits per heavy atom. The molecule has 0 aliphatic carbocycles. The Morgan fingerprint density at radius 3 is 1.73 bits per heavy atom. The van der Waals surface area contributed by atoms with Gasteiger partial charge in [-0.25, -0.2) is 0 Å². The number of aromatic hydroxyl groups is 1. The second kappa shape index (κ2) is 6.01. The number of hydrogen-bond acceptors (Lipinski definition) is 3. The minimum Gasteiger partial charge on any atom is -0.508 e. The molecule has 0 aromatic heterocycles. The van der Waals surface area contributed by atoms with Gasteiger partial charge < -0.3 is 14.9 Å². The molecule has 0 aliphatic rings. The van der Waals surface area contributed by atoms with Gasteiger partial charge >= 0.3 is 0 Å². The monoisotopic (exact) mass is 300 g/mol. The second-order valence-corrected chi connectivity index (χ2v) is 6.72. The van der Waals surface area contributed by atoms with Crippen LogP contribution in [0.2, 0.25) is 0 Å². The van der Waals surface area contributed by atoms with Crippen LogP contribution >= 0.6 is 0 Å². The maximum Gasteiger partial charge on any atom is 0.126 e. The highest BCUT2D eigenvalue weighted by Crippen LogP contribution is 2.33. The van der Waals surface area contributed by atoms with E-state index in [4.69, 9.17) is 4.74 Å². The van der Waals surface area contributed by atoms with E-state index in [1.54, 1.807) is 12.1 Å². The van der Waals surface area contributed by atoms with E-state index < -0.39 is 5.60 Å². The van der Waals surface area contributed by atoms with E-state index >= 15 is 0 Å². The molecule has 2 aromatic carbocycles. The number of aliphatic hydroxyl groups is 1. The predicted octanol–water partition coefficient (Wildman–Crippen LogP) is 3.87. The third-order valence-electron chi connectivity index (χ3n) is 3.94. The van der Waals surface area contributed by atoms with Gasteiger partial charge in [-0.05, 0) is 49.2 Å². The van der Waals surface area contributed by atoms with E-state index in [9.17, 15) is 10.2 Å². The molecule has 2 aromatic rings. The average Bonchev–Trinajstić information content (AvgIpc) is 2.48. The fraction of sp³-hybridized carbons (Fsp3) is 0.368. The van der Waals surface area contributed by atoms with Crippen LogP contribution in [0.3, 0.4) is 0 Å². The molecule has 0 bridgehead atoms. The fourth-order valence-electron chi connectivity index (χ4n) is 2.34. The SMILES string of the molecule is CC(C)(CO)Oc1ccc(C(C)(C)c2ccc(O)cc2)cc1. The van der Waals surface area contributed by atoms with Crippen LogP contribution in [0.25, 0.3) is 0 Å². The first kappa shape index (κ1) is 16.4. The van der Waals surface area contributed by atoms with Crippen molar-refractivity contribution in [2.45, 2.75) is 38.7 Å². The molecule has 118 valence electrons. The number of benzene rings is 2. The number of phenols is 1. The van der Waals surface area contributed by atoms with Gasteiger partial charge in [0.1, 0.15) is 17.1 Å². The van der Waals surface area contributed by atoms with Crippen LogP contribution in [0.1, 0.15) is 38.8 Å². The van der Waals surface area contributed by atoms with E-state index in [0.717, 1.165) is 16.9 Å². The van der Waals surface area contributed by atoms with Gasteiger partial charge in [-0.3, -0.25) is 0 Å². The molecule has 0 radical (unpaired) electrons. The summed E-state index contributed by atoms with van der Waals surface area (Å²) >= 11 is 0. The topological polar surface area (TPSA) is 49.7 Å². The molecular weight excluding hydrogens is 276 g/mol. The minimum absolute atomic E-state index is 0.0340. The molecule has 0 saturated heterocycles. The third kappa shape index (κ3) is 3.60. The second-order valence-electron chi connectivity index (χ2n) is 6.72. The summed E-state index contributed by atoms with van der Waals surface area (Å²) in [7, 11) is 0. The van der Waals surface area contributed by atoms with E-state index in [0.29, 0.717) is 0 Å². The summed E-state index contributed by atoms with van der Waals surface area (Å²) in [5, 5.41) is 18.7. The van der Waals surface area contributed by atoms with Gasteiger partial charge in [-0.15, -0.1) is 0 Å². The Balaban J connectivity index is 2.23. The van der Waals surface area contributed by atoms with Crippen LogP contribution in [-0.4, -0.2) is 22.4 Å². The molecule has 0 unspecified atom stereocenters. The van der Waals surface area contributed by atoms with Gasteiger partial charge in [0.25, 0.3) is 0 Å². The zero-order valence-corrected chi connectivity index (χ0v) is 13.6. The van der Waals surface area contributed by atoms with E-state index in [2.05, 4.69) is 13.8 Å². The molecular formula is C19H24O3. The lowest BCUT2D eigenvalue weighted by Gasteiger charge is -2.27. The molecule has 2 N–H and O–H groups in total. The van der Waals surface area contributed by atoms with Gasteiger partial charge in [-0.2, -0.15) is 0 Å². The van der Waals surface area contributed by atoms with Gasteiger partial charge in [0.2, 0.25) is 0 Å². The lowest BCUT2D eigenvalue weighted by Crippen LogP contribution is -2.32. The molecule has 22 heavy (non-hydrogen) atoms. The van der Waals surface area contributed by atoms with E-state index in [1.165, 1.54) is 0 Å². The first-order valence-corrected chi connectivity index (χ1v) is 7.44. The van der Waals surface area contributed by atoms with Crippen LogP contribution in [0, 0.1) is 0 Å². The van der Waals surface area contributed by atoms with Crippen molar-refractivity contribution in [1.29, 1.82) is 0 Å². The number of aliphatic hydroxyl groups excluding tert-OH is 1. The Hall–Kier alpha value is -2.00. The van der Waals surface area contributed by atoms with Crippen LogP contribution in [0.15, 0.2) is 48.5 Å². The first-order chi connectivity index (χ1) is 10.2. The molecule has 0 saturated carbocycles. The standard InChI is InChI=1S/C19H24O3/c1-18(2,13-20)22-17-11-7-15(8-12-17)19(3,4)14-5-9-16(21)10-6-14/h5-12,20-21H,13H2,1-4H3. The van der Waals surface area contributed by atoms with Crippen molar-refractivity contribution in [3.63, 3.8) is 0 Å². The fourth-order valence-corrected chi connectivity index (χ4v) is 2.34. The normalized spacial score (nSPS) is 12.2. The van der Waals surface area contributed by atoms with Crippen molar-refractivity contribution >= 4 is 0 Å². The van der Waals surface area contributed by atoms with Gasteiger partial charge in [0.15, 0.2) is 0 Å². The summed E-state index contributed by atoms with van der Waals surface area (Å²) < 4.78 is 5.76. The average molecular weight is 300 g/mol. The van der Waals surface area contributed by atoms with E-state index in [-0.39, 0.29) is 17.8 Å². The Labute approximate surface area is 132 Å². The number of hydrogen-bond donors (Lipinski definition) is 2. The van der Waals surface area contributed by atoms with Gasteiger partial charge in [0, 0.05) is 5.41 Å². The lowest BCUT2D eigenvalue weighted by molar-refractivity contribution is 0.0412. The molecule has 0 aliphatic heterocycles. The van der Waals surface area contributed by atoms with Crippen molar-refractivity contribution in [3.8, 4) is 11.5 Å². The summed E-state index contributed by atoms with van der Waals surface area (Å²) in [5.41, 5.74) is 1.54. The summed E-state index contributed by atoms with van der Waals surface area (Å²) in [4.78, 5) is 0. The number of phenolic OH excluding ortho intramolecular Hbond substituents is 1. The van der Waals surface area contributed by atoms with E-state index in [1.807, 2.05) is 50.2 Å². The Bertz CT molecular complexity index is 610. The molecule has 0 amide bonds. The van der Waals surface area contributed by atoms with Crippen molar-refractivity contribution in [1.82, 2.24) is 0 Å². The summed E-state index contributed by atoms with van der Waals surface area (Å²) in [5.74, 6) is 1.01.